The van der Waals surface area contributed by atoms with Crippen molar-refractivity contribution >= 4 is 23.1 Å². The number of hydrogen-bond acceptors (Lipinski definition) is 6. The lowest BCUT2D eigenvalue weighted by Crippen LogP contribution is -2.20. The molecule has 0 saturated heterocycles. The third kappa shape index (κ3) is 4.40. The van der Waals surface area contributed by atoms with Crippen LogP contribution in [0.2, 0.25) is 5.02 Å². The molecule has 0 atom stereocenters. The lowest BCUT2D eigenvalue weighted by atomic mass is 10.1. The Morgan fingerprint density at radius 1 is 1.23 bits per heavy atom. The summed E-state index contributed by atoms with van der Waals surface area (Å²) in [4.78, 5) is 19.2. The second-order valence-corrected chi connectivity index (χ2v) is 6.89. The molecule has 1 aromatic carbocycles. The highest BCUT2D eigenvalue weighted by Crippen LogP contribution is 2.36. The van der Waals surface area contributed by atoms with Crippen molar-refractivity contribution in [2.24, 2.45) is 0 Å². The van der Waals surface area contributed by atoms with E-state index in [1.54, 1.807) is 18.2 Å². The van der Waals surface area contributed by atoms with E-state index in [1.165, 1.54) is 19.2 Å². The minimum Gasteiger partial charge on any atom is -0.434 e. The molecule has 26 heavy (non-hydrogen) atoms. The molecule has 0 unspecified atom stereocenters. The van der Waals surface area contributed by atoms with Gasteiger partial charge in [0.15, 0.2) is 0 Å². The lowest BCUT2D eigenvalue weighted by molar-refractivity contribution is -0.385. The standard InChI is InChI=1S/C18H21ClN4O3/c1-12-10-14(8-9-15(12)19)26-18-16(23(24)25)17(20-11-21-18)22-13-6-4-2-3-5-7-13/h8-11,13H,2-7H2,1H3,(H,20,21,22). The molecule has 138 valence electrons. The van der Waals surface area contributed by atoms with E-state index in [4.69, 9.17) is 16.3 Å². The van der Waals surface area contributed by atoms with Crippen molar-refractivity contribution < 1.29 is 9.66 Å². The first-order chi connectivity index (χ1) is 12.5. The summed E-state index contributed by atoms with van der Waals surface area (Å²) in [5, 5.41) is 15.5. The fourth-order valence-electron chi connectivity index (χ4n) is 3.12. The number of benzene rings is 1. The summed E-state index contributed by atoms with van der Waals surface area (Å²) in [6, 6.07) is 5.23. The molecular formula is C18H21ClN4O3. The Kier molecular flexibility index (Phi) is 5.88. The predicted octanol–water partition coefficient (Wildman–Crippen LogP) is 5.27. The molecule has 1 heterocycles. The van der Waals surface area contributed by atoms with Gasteiger partial charge in [0.1, 0.15) is 12.1 Å². The fraction of sp³-hybridized carbons (Fsp3) is 0.444. The first-order valence-electron chi connectivity index (χ1n) is 8.74. The van der Waals surface area contributed by atoms with Gasteiger partial charge in [0.2, 0.25) is 5.82 Å². The van der Waals surface area contributed by atoms with Crippen LogP contribution in [0.5, 0.6) is 11.6 Å². The fourth-order valence-corrected chi connectivity index (χ4v) is 3.23. The monoisotopic (exact) mass is 376 g/mol. The lowest BCUT2D eigenvalue weighted by Gasteiger charge is -2.17. The van der Waals surface area contributed by atoms with Gasteiger partial charge in [-0.05, 0) is 43.5 Å². The van der Waals surface area contributed by atoms with E-state index in [1.807, 2.05) is 6.92 Å². The molecule has 0 amide bonds. The molecule has 7 nitrogen and oxygen atoms in total. The molecule has 1 aromatic heterocycles. The summed E-state index contributed by atoms with van der Waals surface area (Å²) in [6.07, 6.45) is 7.88. The van der Waals surface area contributed by atoms with E-state index in [0.717, 1.165) is 31.2 Å². The third-order valence-corrected chi connectivity index (χ3v) is 4.94. The van der Waals surface area contributed by atoms with E-state index >= 15 is 0 Å². The van der Waals surface area contributed by atoms with Crippen LogP contribution in [0.3, 0.4) is 0 Å². The van der Waals surface area contributed by atoms with Crippen LogP contribution in [0.25, 0.3) is 0 Å². The van der Waals surface area contributed by atoms with Gasteiger partial charge in [0.25, 0.3) is 0 Å². The van der Waals surface area contributed by atoms with Crippen LogP contribution in [0.4, 0.5) is 11.5 Å². The quantitative estimate of drug-likeness (QED) is 0.434. The molecule has 0 spiro atoms. The first-order valence-corrected chi connectivity index (χ1v) is 9.12. The van der Waals surface area contributed by atoms with Crippen LogP contribution in [0.1, 0.15) is 44.1 Å². The van der Waals surface area contributed by atoms with Crippen LogP contribution in [0.15, 0.2) is 24.5 Å². The number of halogens is 1. The number of nitrogens with one attached hydrogen (secondary N) is 1. The summed E-state index contributed by atoms with van der Waals surface area (Å²) in [7, 11) is 0. The van der Waals surface area contributed by atoms with Crippen LogP contribution < -0.4 is 10.1 Å². The van der Waals surface area contributed by atoms with E-state index in [2.05, 4.69) is 15.3 Å². The molecule has 2 aromatic rings. The summed E-state index contributed by atoms with van der Waals surface area (Å²) in [6.45, 7) is 1.84. The van der Waals surface area contributed by atoms with Gasteiger partial charge in [-0.25, -0.2) is 4.98 Å². The first kappa shape index (κ1) is 18.4. The van der Waals surface area contributed by atoms with E-state index in [9.17, 15) is 10.1 Å². The maximum atomic E-state index is 11.6. The number of rotatable bonds is 5. The molecule has 0 aliphatic heterocycles. The second-order valence-electron chi connectivity index (χ2n) is 6.48. The Balaban J connectivity index is 1.87. The van der Waals surface area contributed by atoms with Gasteiger partial charge in [-0.2, -0.15) is 4.98 Å². The predicted molar refractivity (Wildman–Crippen MR) is 100 cm³/mol. The van der Waals surface area contributed by atoms with E-state index in [0.29, 0.717) is 10.8 Å². The highest BCUT2D eigenvalue weighted by Gasteiger charge is 2.27. The Morgan fingerprint density at radius 2 is 1.96 bits per heavy atom. The number of anilines is 1. The maximum Gasteiger partial charge on any atom is 0.373 e. The molecule has 1 aliphatic rings. The Bertz CT molecular complexity index is 792. The normalized spacial score (nSPS) is 15.3. The van der Waals surface area contributed by atoms with Crippen LogP contribution in [0, 0.1) is 17.0 Å². The third-order valence-electron chi connectivity index (χ3n) is 4.51. The van der Waals surface area contributed by atoms with Gasteiger partial charge in [0.05, 0.1) is 4.92 Å². The van der Waals surface area contributed by atoms with Crippen molar-refractivity contribution in [1.82, 2.24) is 9.97 Å². The smallest absolute Gasteiger partial charge is 0.373 e. The Labute approximate surface area is 156 Å². The van der Waals surface area contributed by atoms with Crippen molar-refractivity contribution in [2.75, 3.05) is 5.32 Å². The highest BCUT2D eigenvalue weighted by atomic mass is 35.5. The maximum absolute atomic E-state index is 11.6. The Hall–Kier alpha value is -2.41. The largest absolute Gasteiger partial charge is 0.434 e. The van der Waals surface area contributed by atoms with Crippen LogP contribution in [-0.4, -0.2) is 20.9 Å². The molecule has 0 bridgehead atoms. The van der Waals surface area contributed by atoms with Crippen LogP contribution >= 0.6 is 11.6 Å². The molecule has 1 aliphatic carbocycles. The van der Waals surface area contributed by atoms with Crippen molar-refractivity contribution in [3.05, 3.63) is 45.2 Å². The summed E-state index contributed by atoms with van der Waals surface area (Å²) in [5.74, 6) is 0.564. The SMILES string of the molecule is Cc1cc(Oc2ncnc(NC3CCCCCC3)c2[N+](=O)[O-])ccc1Cl. The zero-order chi connectivity index (χ0) is 18.5. The topological polar surface area (TPSA) is 90.2 Å². The second kappa shape index (κ2) is 8.31. The molecular weight excluding hydrogens is 356 g/mol. The van der Waals surface area contributed by atoms with Gasteiger partial charge in [0, 0.05) is 11.1 Å². The summed E-state index contributed by atoms with van der Waals surface area (Å²) < 4.78 is 5.67. The zero-order valence-electron chi connectivity index (χ0n) is 14.6. The van der Waals surface area contributed by atoms with E-state index < -0.39 is 4.92 Å². The molecule has 8 heteroatoms. The van der Waals surface area contributed by atoms with Crippen molar-refractivity contribution in [2.45, 2.75) is 51.5 Å². The minimum atomic E-state index is -0.503. The van der Waals surface area contributed by atoms with Gasteiger partial charge in [-0.3, -0.25) is 10.1 Å². The number of aryl methyl sites for hydroxylation is 1. The van der Waals surface area contributed by atoms with Crippen molar-refractivity contribution in [1.29, 1.82) is 0 Å². The van der Waals surface area contributed by atoms with Gasteiger partial charge >= 0.3 is 11.6 Å². The Morgan fingerprint density at radius 3 is 2.62 bits per heavy atom. The van der Waals surface area contributed by atoms with E-state index in [-0.39, 0.29) is 23.4 Å². The van der Waals surface area contributed by atoms with Gasteiger partial charge in [-0.1, -0.05) is 37.3 Å². The summed E-state index contributed by atoms with van der Waals surface area (Å²) >= 11 is 6.01. The van der Waals surface area contributed by atoms with Crippen molar-refractivity contribution in [3.8, 4) is 11.6 Å². The molecule has 0 radical (unpaired) electrons. The molecule has 1 fully saturated rings. The van der Waals surface area contributed by atoms with Gasteiger partial charge < -0.3 is 10.1 Å². The van der Waals surface area contributed by atoms with Gasteiger partial charge in [-0.15, -0.1) is 0 Å². The average Bonchev–Trinajstić information content (AvgIpc) is 2.87. The van der Waals surface area contributed by atoms with Crippen LogP contribution in [-0.2, 0) is 0 Å². The number of nitro groups is 1. The average molecular weight is 377 g/mol. The zero-order valence-corrected chi connectivity index (χ0v) is 15.3. The summed E-state index contributed by atoms with van der Waals surface area (Å²) in [5.41, 5.74) is 0.571. The highest BCUT2D eigenvalue weighted by molar-refractivity contribution is 6.31. The minimum absolute atomic E-state index is 0.0807. The molecule has 3 rings (SSSR count). The number of ether oxygens (including phenoxy) is 1. The number of hydrogen-bond donors (Lipinski definition) is 1. The molecule has 1 N–H and O–H groups in total. The number of nitrogens with zero attached hydrogens (tertiary/aromatic N) is 3. The van der Waals surface area contributed by atoms with Crippen molar-refractivity contribution in [3.63, 3.8) is 0 Å². The molecule has 1 saturated carbocycles. The number of aromatic nitrogens is 2.